The number of likely N-dealkylation sites (tertiary alicyclic amines) is 1. The Morgan fingerprint density at radius 3 is 2.41 bits per heavy atom. The smallest absolute Gasteiger partial charge is 0.191 e. The number of piperidine rings is 1. The molecule has 0 spiro atoms. The Morgan fingerprint density at radius 2 is 1.74 bits per heavy atom. The molecule has 3 aliphatic rings. The van der Waals surface area contributed by atoms with E-state index in [1.807, 2.05) is 7.05 Å². The van der Waals surface area contributed by atoms with Crippen molar-refractivity contribution in [2.75, 3.05) is 20.1 Å². The van der Waals surface area contributed by atoms with Gasteiger partial charge in [-0.15, -0.1) is 24.0 Å². The Kier molecular flexibility index (Phi) is 7.82. The Labute approximate surface area is 181 Å². The molecule has 4 nitrogen and oxygen atoms in total. The molecule has 150 valence electrons. The standard InChI is InChI=1S/C22H34N4.HI/c1-23-22(25-21-16-18(21)15-17-7-3-2-4-8-17)24-19-11-13-26(14-12-19)20-9-5-6-10-20;/h2-4,7-8,18-21H,5-6,9-16H2,1H3,(H2,23,24,25);1H. The van der Waals surface area contributed by atoms with Crippen molar-refractivity contribution in [2.45, 2.75) is 69.5 Å². The van der Waals surface area contributed by atoms with Gasteiger partial charge < -0.3 is 15.5 Å². The minimum atomic E-state index is 0. The highest BCUT2D eigenvalue weighted by Gasteiger charge is 2.38. The Hall–Kier alpha value is -0.820. The molecule has 1 saturated heterocycles. The molecule has 2 atom stereocenters. The number of guanidine groups is 1. The SMILES string of the molecule is CN=C(NC1CCN(C2CCCC2)CC1)NC1CC1Cc1ccccc1.I. The van der Waals surface area contributed by atoms with Gasteiger partial charge in [-0.3, -0.25) is 4.99 Å². The van der Waals surface area contributed by atoms with Gasteiger partial charge in [-0.05, 0) is 50.0 Å². The van der Waals surface area contributed by atoms with E-state index in [4.69, 9.17) is 0 Å². The summed E-state index contributed by atoms with van der Waals surface area (Å²) in [5, 5.41) is 7.33. The lowest BCUT2D eigenvalue weighted by molar-refractivity contribution is 0.150. The van der Waals surface area contributed by atoms with Crippen molar-refractivity contribution in [3.05, 3.63) is 35.9 Å². The van der Waals surface area contributed by atoms with Crippen LogP contribution in [0.4, 0.5) is 0 Å². The summed E-state index contributed by atoms with van der Waals surface area (Å²) in [7, 11) is 1.90. The van der Waals surface area contributed by atoms with Crippen LogP contribution in [0.15, 0.2) is 35.3 Å². The summed E-state index contributed by atoms with van der Waals surface area (Å²) >= 11 is 0. The summed E-state index contributed by atoms with van der Waals surface area (Å²) < 4.78 is 0. The van der Waals surface area contributed by atoms with Crippen molar-refractivity contribution in [2.24, 2.45) is 10.9 Å². The maximum Gasteiger partial charge on any atom is 0.191 e. The third-order valence-corrected chi connectivity index (χ3v) is 6.52. The fraction of sp³-hybridized carbons (Fsp3) is 0.682. The van der Waals surface area contributed by atoms with Crippen molar-refractivity contribution in [3.8, 4) is 0 Å². The molecule has 0 amide bonds. The van der Waals surface area contributed by atoms with Crippen LogP contribution in [0.3, 0.4) is 0 Å². The number of hydrogen-bond acceptors (Lipinski definition) is 2. The van der Waals surface area contributed by atoms with E-state index in [9.17, 15) is 0 Å². The lowest BCUT2D eigenvalue weighted by Gasteiger charge is -2.36. The Bertz CT molecular complexity index is 592. The monoisotopic (exact) mass is 482 g/mol. The second-order valence-corrected chi connectivity index (χ2v) is 8.40. The van der Waals surface area contributed by atoms with E-state index in [-0.39, 0.29) is 24.0 Å². The van der Waals surface area contributed by atoms with Crippen LogP contribution in [0.2, 0.25) is 0 Å². The van der Waals surface area contributed by atoms with Gasteiger partial charge in [-0.2, -0.15) is 0 Å². The number of nitrogens with one attached hydrogen (secondary N) is 2. The van der Waals surface area contributed by atoms with Gasteiger partial charge >= 0.3 is 0 Å². The molecule has 2 unspecified atom stereocenters. The first-order valence-electron chi connectivity index (χ1n) is 10.6. The van der Waals surface area contributed by atoms with E-state index in [0.29, 0.717) is 12.1 Å². The van der Waals surface area contributed by atoms with Gasteiger partial charge in [-0.1, -0.05) is 43.2 Å². The van der Waals surface area contributed by atoms with Crippen LogP contribution in [0, 0.1) is 5.92 Å². The molecule has 1 heterocycles. The van der Waals surface area contributed by atoms with E-state index in [1.165, 1.54) is 70.0 Å². The maximum atomic E-state index is 4.48. The third-order valence-electron chi connectivity index (χ3n) is 6.52. The molecule has 1 aromatic carbocycles. The highest BCUT2D eigenvalue weighted by Crippen LogP contribution is 2.33. The van der Waals surface area contributed by atoms with Gasteiger partial charge in [0.1, 0.15) is 0 Å². The van der Waals surface area contributed by atoms with Crippen LogP contribution in [0.5, 0.6) is 0 Å². The lowest BCUT2D eigenvalue weighted by atomic mass is 10.0. The third kappa shape index (κ3) is 5.83. The molecule has 0 radical (unpaired) electrons. The first-order valence-corrected chi connectivity index (χ1v) is 10.6. The molecule has 0 aromatic heterocycles. The van der Waals surface area contributed by atoms with Crippen LogP contribution in [0.1, 0.15) is 50.5 Å². The molecule has 4 rings (SSSR count). The van der Waals surface area contributed by atoms with Gasteiger partial charge in [0.2, 0.25) is 0 Å². The van der Waals surface area contributed by atoms with Crippen LogP contribution in [-0.2, 0) is 6.42 Å². The Morgan fingerprint density at radius 1 is 1.04 bits per heavy atom. The number of rotatable bonds is 5. The normalized spacial score (nSPS) is 27.2. The summed E-state index contributed by atoms with van der Waals surface area (Å²) in [4.78, 5) is 7.22. The fourth-order valence-electron chi connectivity index (χ4n) is 4.78. The van der Waals surface area contributed by atoms with Crippen molar-refractivity contribution >= 4 is 29.9 Å². The highest BCUT2D eigenvalue weighted by atomic mass is 127. The van der Waals surface area contributed by atoms with E-state index in [0.717, 1.165) is 17.9 Å². The zero-order valence-electron chi connectivity index (χ0n) is 16.6. The van der Waals surface area contributed by atoms with Gasteiger partial charge in [0.05, 0.1) is 0 Å². The van der Waals surface area contributed by atoms with E-state index >= 15 is 0 Å². The number of aliphatic imine (C=N–C) groups is 1. The summed E-state index contributed by atoms with van der Waals surface area (Å²) in [6.45, 7) is 2.50. The zero-order chi connectivity index (χ0) is 17.8. The number of hydrogen-bond donors (Lipinski definition) is 2. The van der Waals surface area contributed by atoms with Gasteiger partial charge in [0, 0.05) is 38.3 Å². The summed E-state index contributed by atoms with van der Waals surface area (Å²) in [6, 6.07) is 12.9. The largest absolute Gasteiger partial charge is 0.354 e. The van der Waals surface area contributed by atoms with Crippen molar-refractivity contribution in [1.29, 1.82) is 0 Å². The minimum Gasteiger partial charge on any atom is -0.354 e. The zero-order valence-corrected chi connectivity index (χ0v) is 18.9. The summed E-state index contributed by atoms with van der Waals surface area (Å²) in [5.74, 6) is 1.75. The molecule has 2 saturated carbocycles. The Balaban J connectivity index is 0.00000210. The van der Waals surface area contributed by atoms with Crippen LogP contribution < -0.4 is 10.6 Å². The molecule has 1 aromatic rings. The average Bonchev–Trinajstić information content (AvgIpc) is 3.18. The highest BCUT2D eigenvalue weighted by molar-refractivity contribution is 14.0. The van der Waals surface area contributed by atoms with E-state index in [2.05, 4.69) is 50.9 Å². The minimum absolute atomic E-state index is 0. The van der Waals surface area contributed by atoms with E-state index < -0.39 is 0 Å². The number of halogens is 1. The van der Waals surface area contributed by atoms with Gasteiger partial charge in [-0.25, -0.2) is 0 Å². The maximum absolute atomic E-state index is 4.48. The number of nitrogens with zero attached hydrogens (tertiary/aromatic N) is 2. The van der Waals surface area contributed by atoms with E-state index in [1.54, 1.807) is 0 Å². The first kappa shape index (κ1) is 20.9. The molecular weight excluding hydrogens is 447 g/mol. The molecule has 0 bridgehead atoms. The summed E-state index contributed by atoms with van der Waals surface area (Å²) in [5.41, 5.74) is 1.45. The van der Waals surface area contributed by atoms with Crippen LogP contribution in [-0.4, -0.2) is 49.1 Å². The molecule has 2 aliphatic carbocycles. The van der Waals surface area contributed by atoms with Gasteiger partial charge in [0.15, 0.2) is 5.96 Å². The van der Waals surface area contributed by atoms with Gasteiger partial charge in [0.25, 0.3) is 0 Å². The van der Waals surface area contributed by atoms with Crippen molar-refractivity contribution < 1.29 is 0 Å². The number of benzene rings is 1. The van der Waals surface area contributed by atoms with Crippen molar-refractivity contribution in [3.63, 3.8) is 0 Å². The fourth-order valence-corrected chi connectivity index (χ4v) is 4.78. The van der Waals surface area contributed by atoms with Crippen molar-refractivity contribution in [1.82, 2.24) is 15.5 Å². The molecule has 27 heavy (non-hydrogen) atoms. The second-order valence-electron chi connectivity index (χ2n) is 8.40. The predicted octanol–water partition coefficient (Wildman–Crippen LogP) is 3.81. The molecule has 1 aliphatic heterocycles. The predicted molar refractivity (Wildman–Crippen MR) is 124 cm³/mol. The quantitative estimate of drug-likeness (QED) is 0.381. The molecule has 2 N–H and O–H groups in total. The molecular formula is C22H35IN4. The topological polar surface area (TPSA) is 39.7 Å². The molecule has 5 heteroatoms. The second kappa shape index (κ2) is 10.1. The molecule has 3 fully saturated rings. The van der Waals surface area contributed by atoms with Crippen LogP contribution in [0.25, 0.3) is 0 Å². The average molecular weight is 482 g/mol. The summed E-state index contributed by atoms with van der Waals surface area (Å²) in [6.07, 6.45) is 10.6. The first-order chi connectivity index (χ1) is 12.8. The lowest BCUT2D eigenvalue weighted by Crippen LogP contribution is -2.50. The van der Waals surface area contributed by atoms with Crippen LogP contribution >= 0.6 is 24.0 Å².